The maximum absolute atomic E-state index is 11.7. The van der Waals surface area contributed by atoms with Crippen molar-refractivity contribution in [2.75, 3.05) is 13.1 Å². The highest BCUT2D eigenvalue weighted by Crippen LogP contribution is 2.16. The van der Waals surface area contributed by atoms with E-state index in [1.165, 1.54) is 0 Å². The molecule has 1 saturated heterocycles. The van der Waals surface area contributed by atoms with E-state index >= 15 is 0 Å². The standard InChI is InChI=1S/C14H23N3O2S/c1-14(2,3)19-13(18)16-11-4-7-17(8-5-11)10-12-15-6-9-20-12/h6,9,11H,4-5,7-8,10H2,1-3H3,(H,16,18). The summed E-state index contributed by atoms with van der Waals surface area (Å²) >= 11 is 1.69. The fourth-order valence-electron chi connectivity index (χ4n) is 2.23. The second-order valence-corrected chi connectivity index (χ2v) is 7.10. The number of alkyl carbamates (subject to hydrolysis) is 1. The van der Waals surface area contributed by atoms with Crippen LogP contribution in [0, 0.1) is 0 Å². The molecular weight excluding hydrogens is 274 g/mol. The highest BCUT2D eigenvalue weighted by atomic mass is 32.1. The number of hydrogen-bond donors (Lipinski definition) is 1. The minimum absolute atomic E-state index is 0.220. The molecule has 2 rings (SSSR count). The normalized spacial score (nSPS) is 17.9. The number of amides is 1. The first-order valence-corrected chi connectivity index (χ1v) is 7.90. The molecule has 112 valence electrons. The molecule has 1 aliphatic heterocycles. The van der Waals surface area contributed by atoms with Gasteiger partial charge in [-0.1, -0.05) is 0 Å². The molecule has 0 aliphatic carbocycles. The Morgan fingerprint density at radius 1 is 1.50 bits per heavy atom. The van der Waals surface area contributed by atoms with Gasteiger partial charge in [-0.15, -0.1) is 11.3 Å². The van der Waals surface area contributed by atoms with Gasteiger partial charge in [0.1, 0.15) is 10.6 Å². The van der Waals surface area contributed by atoms with Crippen LogP contribution in [0.4, 0.5) is 4.79 Å². The summed E-state index contributed by atoms with van der Waals surface area (Å²) in [4.78, 5) is 18.4. The zero-order valence-electron chi connectivity index (χ0n) is 12.4. The van der Waals surface area contributed by atoms with E-state index in [2.05, 4.69) is 15.2 Å². The number of aromatic nitrogens is 1. The molecular formula is C14H23N3O2S. The Morgan fingerprint density at radius 2 is 2.20 bits per heavy atom. The van der Waals surface area contributed by atoms with Crippen LogP contribution in [0.2, 0.25) is 0 Å². The molecule has 2 heterocycles. The number of carbonyl (C=O) groups excluding carboxylic acids is 1. The number of rotatable bonds is 3. The van der Waals surface area contributed by atoms with Gasteiger partial charge in [-0.25, -0.2) is 9.78 Å². The van der Waals surface area contributed by atoms with Crippen molar-refractivity contribution in [1.82, 2.24) is 15.2 Å². The zero-order valence-corrected chi connectivity index (χ0v) is 13.2. The van der Waals surface area contributed by atoms with Crippen LogP contribution in [0.1, 0.15) is 38.6 Å². The Balaban J connectivity index is 1.70. The van der Waals surface area contributed by atoms with Gasteiger partial charge in [-0.2, -0.15) is 0 Å². The molecule has 1 aromatic rings. The average Bonchev–Trinajstić information content (AvgIpc) is 2.82. The fraction of sp³-hybridized carbons (Fsp3) is 0.714. The lowest BCUT2D eigenvalue weighted by Gasteiger charge is -2.32. The number of nitrogens with zero attached hydrogens (tertiary/aromatic N) is 2. The maximum atomic E-state index is 11.7. The smallest absolute Gasteiger partial charge is 0.407 e. The summed E-state index contributed by atoms with van der Waals surface area (Å²) in [5.41, 5.74) is -0.435. The second kappa shape index (κ2) is 6.54. The first-order valence-electron chi connectivity index (χ1n) is 7.02. The fourth-order valence-corrected chi connectivity index (χ4v) is 2.89. The van der Waals surface area contributed by atoms with Gasteiger partial charge in [0.15, 0.2) is 0 Å². The minimum atomic E-state index is -0.435. The summed E-state index contributed by atoms with van der Waals surface area (Å²) in [6, 6.07) is 0.220. The zero-order chi connectivity index (χ0) is 14.6. The lowest BCUT2D eigenvalue weighted by Crippen LogP contribution is -2.45. The van der Waals surface area contributed by atoms with E-state index in [1.54, 1.807) is 11.3 Å². The number of hydrogen-bond acceptors (Lipinski definition) is 5. The molecule has 0 radical (unpaired) electrons. The summed E-state index contributed by atoms with van der Waals surface area (Å²) in [5.74, 6) is 0. The van der Waals surface area contributed by atoms with Gasteiger partial charge >= 0.3 is 6.09 Å². The molecule has 0 bridgehead atoms. The van der Waals surface area contributed by atoms with E-state index in [1.807, 2.05) is 32.3 Å². The molecule has 5 nitrogen and oxygen atoms in total. The van der Waals surface area contributed by atoms with Crippen molar-refractivity contribution in [1.29, 1.82) is 0 Å². The Bertz CT molecular complexity index is 420. The largest absolute Gasteiger partial charge is 0.444 e. The van der Waals surface area contributed by atoms with Crippen molar-refractivity contribution < 1.29 is 9.53 Å². The van der Waals surface area contributed by atoms with Gasteiger partial charge < -0.3 is 10.1 Å². The molecule has 1 fully saturated rings. The van der Waals surface area contributed by atoms with E-state index in [0.717, 1.165) is 37.5 Å². The number of likely N-dealkylation sites (tertiary alicyclic amines) is 1. The van der Waals surface area contributed by atoms with Crippen molar-refractivity contribution in [3.8, 4) is 0 Å². The highest BCUT2D eigenvalue weighted by molar-refractivity contribution is 7.09. The van der Waals surface area contributed by atoms with Crippen molar-refractivity contribution in [2.24, 2.45) is 0 Å². The number of nitrogens with one attached hydrogen (secondary N) is 1. The summed E-state index contributed by atoms with van der Waals surface area (Å²) in [7, 11) is 0. The molecule has 0 saturated carbocycles. The van der Waals surface area contributed by atoms with Crippen LogP contribution < -0.4 is 5.32 Å². The molecule has 0 atom stereocenters. The van der Waals surface area contributed by atoms with Crippen molar-refractivity contribution >= 4 is 17.4 Å². The highest BCUT2D eigenvalue weighted by Gasteiger charge is 2.23. The Kier molecular flexibility index (Phi) is 4.99. The Morgan fingerprint density at radius 3 is 2.75 bits per heavy atom. The molecule has 6 heteroatoms. The molecule has 0 spiro atoms. The lowest BCUT2D eigenvalue weighted by atomic mass is 10.1. The molecule has 0 aromatic carbocycles. The van der Waals surface area contributed by atoms with Gasteiger partial charge in [-0.05, 0) is 33.6 Å². The quantitative estimate of drug-likeness (QED) is 0.932. The topological polar surface area (TPSA) is 54.5 Å². The minimum Gasteiger partial charge on any atom is -0.444 e. The monoisotopic (exact) mass is 297 g/mol. The average molecular weight is 297 g/mol. The van der Waals surface area contributed by atoms with Gasteiger partial charge in [-0.3, -0.25) is 4.90 Å². The van der Waals surface area contributed by atoms with Crippen LogP contribution in [0.3, 0.4) is 0 Å². The summed E-state index contributed by atoms with van der Waals surface area (Å²) < 4.78 is 5.28. The molecule has 1 aromatic heterocycles. The van der Waals surface area contributed by atoms with Crippen molar-refractivity contribution in [3.63, 3.8) is 0 Å². The number of piperidine rings is 1. The van der Waals surface area contributed by atoms with Gasteiger partial charge in [0.25, 0.3) is 0 Å². The third-order valence-electron chi connectivity index (χ3n) is 3.15. The molecule has 1 N–H and O–H groups in total. The summed E-state index contributed by atoms with van der Waals surface area (Å²) in [5, 5.41) is 6.12. The third-order valence-corrected chi connectivity index (χ3v) is 3.92. The SMILES string of the molecule is CC(C)(C)OC(=O)NC1CCN(Cc2nccs2)CC1. The van der Waals surface area contributed by atoms with Crippen molar-refractivity contribution in [3.05, 3.63) is 16.6 Å². The third kappa shape index (κ3) is 5.09. The van der Waals surface area contributed by atoms with Gasteiger partial charge in [0, 0.05) is 30.7 Å². The van der Waals surface area contributed by atoms with Crippen LogP contribution in [0.15, 0.2) is 11.6 Å². The van der Waals surface area contributed by atoms with Gasteiger partial charge in [0.05, 0.1) is 6.54 Å². The molecule has 1 aliphatic rings. The summed E-state index contributed by atoms with van der Waals surface area (Å²) in [6.07, 6.45) is 3.46. The Labute approximate surface area is 124 Å². The van der Waals surface area contributed by atoms with E-state index in [-0.39, 0.29) is 12.1 Å². The molecule has 0 unspecified atom stereocenters. The molecule has 20 heavy (non-hydrogen) atoms. The lowest BCUT2D eigenvalue weighted by molar-refractivity contribution is 0.0477. The Hall–Kier alpha value is -1.14. The first-order chi connectivity index (χ1) is 9.42. The van der Waals surface area contributed by atoms with Crippen LogP contribution in [-0.4, -0.2) is 40.7 Å². The van der Waals surface area contributed by atoms with Crippen molar-refractivity contribution in [2.45, 2.75) is 51.8 Å². The van der Waals surface area contributed by atoms with Crippen LogP contribution in [0.25, 0.3) is 0 Å². The van der Waals surface area contributed by atoms with Crippen LogP contribution >= 0.6 is 11.3 Å². The number of thiazole rings is 1. The van der Waals surface area contributed by atoms with Crippen LogP contribution in [-0.2, 0) is 11.3 Å². The summed E-state index contributed by atoms with van der Waals surface area (Å²) in [6.45, 7) is 8.52. The first kappa shape index (κ1) is 15.3. The predicted octanol–water partition coefficient (Wildman–Crippen LogP) is 2.63. The van der Waals surface area contributed by atoms with Crippen LogP contribution in [0.5, 0.6) is 0 Å². The van der Waals surface area contributed by atoms with E-state index < -0.39 is 5.60 Å². The van der Waals surface area contributed by atoms with E-state index in [9.17, 15) is 4.79 Å². The number of ether oxygens (including phenoxy) is 1. The van der Waals surface area contributed by atoms with Gasteiger partial charge in [0.2, 0.25) is 0 Å². The molecule has 1 amide bonds. The predicted molar refractivity (Wildman–Crippen MR) is 79.8 cm³/mol. The maximum Gasteiger partial charge on any atom is 0.407 e. The second-order valence-electron chi connectivity index (χ2n) is 6.12. The van der Waals surface area contributed by atoms with E-state index in [4.69, 9.17) is 4.74 Å². The van der Waals surface area contributed by atoms with E-state index in [0.29, 0.717) is 0 Å². The number of carbonyl (C=O) groups is 1.